The van der Waals surface area contributed by atoms with Gasteiger partial charge in [0.15, 0.2) is 0 Å². The van der Waals surface area contributed by atoms with Crippen molar-refractivity contribution in [3.8, 4) is 16.9 Å². The van der Waals surface area contributed by atoms with Crippen molar-refractivity contribution in [3.05, 3.63) is 69.5 Å². The molecule has 1 aromatic heterocycles. The van der Waals surface area contributed by atoms with E-state index in [0.717, 1.165) is 11.8 Å². The number of aryl methyl sites for hydroxylation is 1. The van der Waals surface area contributed by atoms with Gasteiger partial charge in [0.25, 0.3) is 6.20 Å². The Kier molecular flexibility index (Phi) is 3.57. The molecule has 0 radical (unpaired) electrons. The monoisotopic (exact) mass is 310 g/mol. The van der Waals surface area contributed by atoms with Crippen molar-refractivity contribution in [1.82, 2.24) is 0 Å². The van der Waals surface area contributed by atoms with Gasteiger partial charge in [-0.15, -0.1) is 0 Å². The first kappa shape index (κ1) is 14.8. The number of pyridine rings is 1. The predicted octanol–water partition coefficient (Wildman–Crippen LogP) is 3.37. The number of nitro groups is 1. The van der Waals surface area contributed by atoms with Crippen molar-refractivity contribution in [3.63, 3.8) is 0 Å². The van der Waals surface area contributed by atoms with Crippen LogP contribution in [-0.2, 0) is 0 Å². The van der Waals surface area contributed by atoms with Crippen LogP contribution in [0.15, 0.2) is 48.7 Å². The lowest BCUT2D eigenvalue weighted by Crippen LogP contribution is -2.27. The van der Waals surface area contributed by atoms with Crippen LogP contribution in [-0.4, -0.2) is 12.0 Å². The van der Waals surface area contributed by atoms with Crippen LogP contribution in [0.5, 0.6) is 5.75 Å². The van der Waals surface area contributed by atoms with E-state index in [9.17, 15) is 15.3 Å². The average molecular weight is 310 g/mol. The van der Waals surface area contributed by atoms with E-state index in [2.05, 4.69) is 0 Å². The Morgan fingerprint density at radius 1 is 1.17 bits per heavy atom. The second-order valence-corrected chi connectivity index (χ2v) is 5.17. The summed E-state index contributed by atoms with van der Waals surface area (Å²) in [6.45, 7) is 1.87. The summed E-state index contributed by atoms with van der Waals surface area (Å²) >= 11 is 0. The van der Waals surface area contributed by atoms with Gasteiger partial charge in [0.2, 0.25) is 5.52 Å². The largest absolute Gasteiger partial charge is 0.618 e. The molecule has 0 saturated heterocycles. The van der Waals surface area contributed by atoms with E-state index < -0.39 is 4.92 Å². The maximum absolute atomic E-state index is 12.0. The molecule has 0 bridgehead atoms. The van der Waals surface area contributed by atoms with Crippen molar-refractivity contribution < 1.29 is 14.4 Å². The molecule has 6 nitrogen and oxygen atoms in total. The normalized spacial score (nSPS) is 10.7. The summed E-state index contributed by atoms with van der Waals surface area (Å²) in [5, 5.41) is 24.0. The van der Waals surface area contributed by atoms with Crippen molar-refractivity contribution in [2.75, 3.05) is 7.11 Å². The van der Waals surface area contributed by atoms with E-state index >= 15 is 0 Å². The zero-order valence-corrected chi connectivity index (χ0v) is 12.6. The number of hydrogen-bond donors (Lipinski definition) is 0. The van der Waals surface area contributed by atoms with Gasteiger partial charge in [-0.2, -0.15) is 4.73 Å². The molecule has 0 atom stereocenters. The fourth-order valence-electron chi connectivity index (χ4n) is 2.74. The van der Waals surface area contributed by atoms with E-state index in [1.54, 1.807) is 43.5 Å². The van der Waals surface area contributed by atoms with Gasteiger partial charge in [0.1, 0.15) is 5.75 Å². The van der Waals surface area contributed by atoms with Gasteiger partial charge in [-0.3, -0.25) is 10.1 Å². The second kappa shape index (κ2) is 5.57. The fraction of sp³-hybridized carbons (Fsp3) is 0.118. The third kappa shape index (κ3) is 2.44. The molecule has 0 amide bonds. The van der Waals surface area contributed by atoms with Crippen LogP contribution in [0.4, 0.5) is 5.69 Å². The minimum absolute atomic E-state index is 0.219. The molecule has 6 heteroatoms. The first-order chi connectivity index (χ1) is 11.0. The molecular formula is C17H14N2O4. The van der Waals surface area contributed by atoms with Crippen LogP contribution in [0, 0.1) is 22.2 Å². The second-order valence-electron chi connectivity index (χ2n) is 5.17. The molecule has 0 fully saturated rings. The first-order valence-corrected chi connectivity index (χ1v) is 6.97. The summed E-state index contributed by atoms with van der Waals surface area (Å²) in [7, 11) is 1.57. The smallest absolute Gasteiger partial charge is 0.342 e. The molecule has 1 heterocycles. The maximum Gasteiger partial charge on any atom is 0.342 e. The molecule has 0 aliphatic heterocycles. The van der Waals surface area contributed by atoms with Gasteiger partial charge >= 0.3 is 5.69 Å². The summed E-state index contributed by atoms with van der Waals surface area (Å²) < 4.78 is 5.77. The molecule has 3 aromatic rings. The molecule has 0 N–H and O–H groups in total. The Labute approximate surface area is 132 Å². The van der Waals surface area contributed by atoms with Crippen molar-refractivity contribution in [2.45, 2.75) is 6.92 Å². The number of para-hydroxylation sites is 1. The molecular weight excluding hydrogens is 296 g/mol. The Balaban J connectivity index is 2.39. The van der Waals surface area contributed by atoms with Gasteiger partial charge in [0, 0.05) is 6.07 Å². The van der Waals surface area contributed by atoms with Crippen LogP contribution in [0.2, 0.25) is 0 Å². The summed E-state index contributed by atoms with van der Waals surface area (Å²) in [4.78, 5) is 10.9. The SMILES string of the molecule is COc1ccc(-c2c([N+](=O)[O-])c[n+]([O-])c3ccccc23)cc1C. The first-order valence-electron chi connectivity index (χ1n) is 6.97. The number of ether oxygens (including phenoxy) is 1. The number of nitrogens with zero attached hydrogens (tertiary/aromatic N) is 2. The Morgan fingerprint density at radius 2 is 1.91 bits per heavy atom. The number of fused-ring (bicyclic) bond motifs is 1. The van der Waals surface area contributed by atoms with E-state index in [-0.39, 0.29) is 5.69 Å². The lowest BCUT2D eigenvalue weighted by atomic mass is 9.98. The molecule has 0 aliphatic rings. The van der Waals surface area contributed by atoms with E-state index in [1.165, 1.54) is 0 Å². The van der Waals surface area contributed by atoms with Crippen LogP contribution >= 0.6 is 0 Å². The molecule has 3 rings (SSSR count). The predicted molar refractivity (Wildman–Crippen MR) is 86.3 cm³/mol. The average Bonchev–Trinajstić information content (AvgIpc) is 2.54. The highest BCUT2D eigenvalue weighted by Gasteiger charge is 2.25. The third-order valence-electron chi connectivity index (χ3n) is 3.79. The third-order valence-corrected chi connectivity index (χ3v) is 3.79. The highest BCUT2D eigenvalue weighted by molar-refractivity contribution is 5.97. The van der Waals surface area contributed by atoms with Crippen molar-refractivity contribution >= 4 is 16.6 Å². The number of benzene rings is 2. The zero-order valence-electron chi connectivity index (χ0n) is 12.6. The molecule has 0 aliphatic carbocycles. The maximum atomic E-state index is 12.0. The molecule has 0 saturated carbocycles. The quantitative estimate of drug-likeness (QED) is 0.321. The molecule has 2 aromatic carbocycles. The molecule has 0 unspecified atom stereocenters. The Bertz CT molecular complexity index is 922. The number of rotatable bonds is 3. The van der Waals surface area contributed by atoms with E-state index in [1.807, 2.05) is 13.0 Å². The highest BCUT2D eigenvalue weighted by atomic mass is 16.6. The number of methoxy groups -OCH3 is 1. The van der Waals surface area contributed by atoms with Crippen LogP contribution in [0.25, 0.3) is 22.0 Å². The van der Waals surface area contributed by atoms with Crippen molar-refractivity contribution in [1.29, 1.82) is 0 Å². The van der Waals surface area contributed by atoms with Gasteiger partial charge in [0.05, 0.1) is 23.0 Å². The lowest BCUT2D eigenvalue weighted by molar-refractivity contribution is -0.581. The van der Waals surface area contributed by atoms with Gasteiger partial charge in [-0.05, 0) is 36.2 Å². The molecule has 116 valence electrons. The summed E-state index contributed by atoms with van der Waals surface area (Å²) in [6, 6.07) is 12.2. The van der Waals surface area contributed by atoms with E-state index in [4.69, 9.17) is 4.74 Å². The topological polar surface area (TPSA) is 79.3 Å². The Morgan fingerprint density at radius 3 is 2.57 bits per heavy atom. The van der Waals surface area contributed by atoms with Gasteiger partial charge < -0.3 is 9.94 Å². The Hall–Kier alpha value is -3.15. The summed E-state index contributed by atoms with van der Waals surface area (Å²) in [6.07, 6.45) is 1.01. The number of aromatic nitrogens is 1. The number of hydrogen-bond acceptors (Lipinski definition) is 4. The molecule has 0 spiro atoms. The fourth-order valence-corrected chi connectivity index (χ4v) is 2.74. The van der Waals surface area contributed by atoms with Crippen LogP contribution in [0.1, 0.15) is 5.56 Å². The van der Waals surface area contributed by atoms with Crippen molar-refractivity contribution in [2.24, 2.45) is 0 Å². The standard InChI is InChI=1S/C17H14N2O4/c1-11-9-12(7-8-16(11)23-2)17-13-5-3-4-6-14(13)18(20)10-15(17)19(21)22/h3-10H,1-2H3. The van der Waals surface area contributed by atoms with Gasteiger partial charge in [-0.25, -0.2) is 0 Å². The lowest BCUT2D eigenvalue weighted by Gasteiger charge is -2.10. The van der Waals surface area contributed by atoms with Crippen LogP contribution < -0.4 is 9.47 Å². The summed E-state index contributed by atoms with van der Waals surface area (Å²) in [5.41, 5.74) is 2.14. The molecule has 23 heavy (non-hydrogen) atoms. The minimum atomic E-state index is -0.532. The van der Waals surface area contributed by atoms with Gasteiger partial charge in [-0.1, -0.05) is 18.2 Å². The minimum Gasteiger partial charge on any atom is -0.618 e. The van der Waals surface area contributed by atoms with Crippen LogP contribution in [0.3, 0.4) is 0 Å². The highest BCUT2D eigenvalue weighted by Crippen LogP contribution is 2.36. The summed E-state index contributed by atoms with van der Waals surface area (Å²) in [5.74, 6) is 0.704. The zero-order chi connectivity index (χ0) is 16.6. The van der Waals surface area contributed by atoms with E-state index in [0.29, 0.717) is 32.5 Å².